The molecule has 88 valence electrons. The van der Waals surface area contributed by atoms with Crippen molar-refractivity contribution in [3.63, 3.8) is 0 Å². The maximum atomic E-state index is 4.46. The van der Waals surface area contributed by atoms with Crippen LogP contribution in [0.4, 0.5) is 0 Å². The highest BCUT2D eigenvalue weighted by Gasteiger charge is 2.06. The van der Waals surface area contributed by atoms with Crippen molar-refractivity contribution in [3.8, 4) is 11.4 Å². The van der Waals surface area contributed by atoms with Crippen LogP contribution >= 0.6 is 15.9 Å². The Labute approximate surface area is 109 Å². The number of benzene rings is 1. The fourth-order valence-electron chi connectivity index (χ4n) is 1.51. The largest absolute Gasteiger partial charge is 0.218 e. The summed E-state index contributed by atoms with van der Waals surface area (Å²) in [6.07, 6.45) is 1.66. The molecule has 2 aromatic rings. The van der Waals surface area contributed by atoms with Crippen molar-refractivity contribution in [2.45, 2.75) is 26.7 Å². The Morgan fingerprint density at radius 2 is 1.41 bits per heavy atom. The lowest BCUT2D eigenvalue weighted by molar-refractivity contribution is 0.831. The van der Waals surface area contributed by atoms with Gasteiger partial charge in [0.1, 0.15) is 11.6 Å². The van der Waals surface area contributed by atoms with Gasteiger partial charge in [0.05, 0.1) is 0 Å². The lowest BCUT2D eigenvalue weighted by Crippen LogP contribution is -2.03. The zero-order valence-electron chi connectivity index (χ0n) is 9.94. The monoisotopic (exact) mass is 291 g/mol. The van der Waals surface area contributed by atoms with Crippen molar-refractivity contribution in [3.05, 3.63) is 40.4 Å². The molecule has 1 heterocycles. The Balaban J connectivity index is 2.46. The summed E-state index contributed by atoms with van der Waals surface area (Å²) in [6.45, 7) is 4.11. The number of hydrogen-bond donors (Lipinski definition) is 0. The summed E-state index contributed by atoms with van der Waals surface area (Å²) in [5.41, 5.74) is 1.03. The molecule has 0 unspecified atom stereocenters. The van der Waals surface area contributed by atoms with E-state index in [0.717, 1.165) is 40.4 Å². The van der Waals surface area contributed by atoms with E-state index < -0.39 is 0 Å². The zero-order chi connectivity index (χ0) is 12.3. The molecule has 0 bridgehead atoms. The van der Waals surface area contributed by atoms with Crippen LogP contribution in [0.5, 0.6) is 0 Å². The van der Waals surface area contributed by atoms with Crippen LogP contribution in [0.1, 0.15) is 25.5 Å². The Hall–Kier alpha value is -1.29. The van der Waals surface area contributed by atoms with E-state index in [1.54, 1.807) is 0 Å². The molecule has 0 aliphatic heterocycles. The molecule has 0 fully saturated rings. The molecule has 0 aliphatic rings. The van der Waals surface area contributed by atoms with Crippen molar-refractivity contribution in [1.29, 1.82) is 0 Å². The average molecular weight is 292 g/mol. The van der Waals surface area contributed by atoms with E-state index in [9.17, 15) is 0 Å². The highest BCUT2D eigenvalue weighted by Crippen LogP contribution is 2.18. The van der Waals surface area contributed by atoms with Crippen LogP contribution in [-0.2, 0) is 12.8 Å². The van der Waals surface area contributed by atoms with Gasteiger partial charge in [-0.25, -0.2) is 15.0 Å². The van der Waals surface area contributed by atoms with Crippen LogP contribution in [0.3, 0.4) is 0 Å². The quantitative estimate of drug-likeness (QED) is 0.870. The molecule has 0 spiro atoms. The van der Waals surface area contributed by atoms with E-state index in [0.29, 0.717) is 0 Å². The fraction of sp³-hybridized carbons (Fsp3) is 0.308. The molecule has 0 amide bonds. The summed E-state index contributed by atoms with van der Waals surface area (Å²) in [5, 5.41) is 0. The van der Waals surface area contributed by atoms with Gasteiger partial charge in [0.25, 0.3) is 0 Å². The minimum absolute atomic E-state index is 0.765. The van der Waals surface area contributed by atoms with Crippen LogP contribution in [0.25, 0.3) is 11.4 Å². The summed E-state index contributed by atoms with van der Waals surface area (Å²) >= 11 is 3.42. The summed E-state index contributed by atoms with van der Waals surface area (Å²) < 4.78 is 1.06. The Bertz CT molecular complexity index is 486. The molecule has 3 nitrogen and oxygen atoms in total. The van der Waals surface area contributed by atoms with E-state index in [4.69, 9.17) is 0 Å². The number of rotatable bonds is 3. The van der Waals surface area contributed by atoms with Crippen LogP contribution in [0.15, 0.2) is 28.7 Å². The topological polar surface area (TPSA) is 38.7 Å². The second-order valence-corrected chi connectivity index (χ2v) is 4.62. The average Bonchev–Trinajstić information content (AvgIpc) is 2.39. The normalized spacial score (nSPS) is 10.5. The van der Waals surface area contributed by atoms with Gasteiger partial charge in [0.15, 0.2) is 5.82 Å². The third-order valence-electron chi connectivity index (χ3n) is 2.46. The maximum Gasteiger partial charge on any atom is 0.163 e. The lowest BCUT2D eigenvalue weighted by Gasteiger charge is -2.05. The van der Waals surface area contributed by atoms with Crippen LogP contribution < -0.4 is 0 Å². The Morgan fingerprint density at radius 1 is 0.882 bits per heavy atom. The lowest BCUT2D eigenvalue weighted by atomic mass is 10.2. The summed E-state index contributed by atoms with van der Waals surface area (Å²) in [4.78, 5) is 13.3. The Morgan fingerprint density at radius 3 is 1.88 bits per heavy atom. The molecule has 0 atom stereocenters. The smallest absolute Gasteiger partial charge is 0.163 e. The molecular formula is C13H14BrN3. The third kappa shape index (κ3) is 2.88. The van der Waals surface area contributed by atoms with Crippen molar-refractivity contribution >= 4 is 15.9 Å². The fourth-order valence-corrected chi connectivity index (χ4v) is 1.78. The van der Waals surface area contributed by atoms with E-state index in [-0.39, 0.29) is 0 Å². The predicted molar refractivity (Wildman–Crippen MR) is 71.7 cm³/mol. The molecule has 0 radical (unpaired) electrons. The van der Waals surface area contributed by atoms with E-state index in [1.807, 2.05) is 24.3 Å². The number of nitrogens with zero attached hydrogens (tertiary/aromatic N) is 3. The SMILES string of the molecule is CCc1nc(CC)nc(-c2ccc(Br)cc2)n1. The minimum atomic E-state index is 0.765. The highest BCUT2D eigenvalue weighted by molar-refractivity contribution is 9.10. The highest BCUT2D eigenvalue weighted by atomic mass is 79.9. The van der Waals surface area contributed by atoms with Crippen LogP contribution in [0.2, 0.25) is 0 Å². The van der Waals surface area contributed by atoms with Gasteiger partial charge in [0, 0.05) is 22.9 Å². The first-order valence-corrected chi connectivity index (χ1v) is 6.52. The number of aromatic nitrogens is 3. The van der Waals surface area contributed by atoms with Crippen molar-refractivity contribution < 1.29 is 0 Å². The van der Waals surface area contributed by atoms with E-state index in [2.05, 4.69) is 44.7 Å². The van der Waals surface area contributed by atoms with Gasteiger partial charge < -0.3 is 0 Å². The molecule has 1 aromatic heterocycles. The van der Waals surface area contributed by atoms with E-state index >= 15 is 0 Å². The molecule has 4 heteroatoms. The number of halogens is 1. The number of hydrogen-bond acceptors (Lipinski definition) is 3. The van der Waals surface area contributed by atoms with Crippen LogP contribution in [0, 0.1) is 0 Å². The first kappa shape index (κ1) is 12.2. The van der Waals surface area contributed by atoms with Crippen LogP contribution in [-0.4, -0.2) is 15.0 Å². The molecule has 0 saturated carbocycles. The van der Waals surface area contributed by atoms with Crippen molar-refractivity contribution in [2.75, 3.05) is 0 Å². The van der Waals surface area contributed by atoms with Gasteiger partial charge in [0.2, 0.25) is 0 Å². The van der Waals surface area contributed by atoms with Gasteiger partial charge in [-0.2, -0.15) is 0 Å². The molecule has 17 heavy (non-hydrogen) atoms. The third-order valence-corrected chi connectivity index (χ3v) is 2.99. The van der Waals surface area contributed by atoms with Gasteiger partial charge in [-0.3, -0.25) is 0 Å². The standard InChI is InChI=1S/C13H14BrN3/c1-3-11-15-12(4-2)17-13(16-11)9-5-7-10(14)8-6-9/h5-8H,3-4H2,1-2H3. The molecule has 1 aromatic carbocycles. The van der Waals surface area contributed by atoms with Crippen molar-refractivity contribution in [1.82, 2.24) is 15.0 Å². The van der Waals surface area contributed by atoms with E-state index in [1.165, 1.54) is 0 Å². The summed E-state index contributed by atoms with van der Waals surface area (Å²) in [7, 11) is 0. The molecule has 0 saturated heterocycles. The van der Waals surface area contributed by atoms with Crippen molar-refractivity contribution in [2.24, 2.45) is 0 Å². The summed E-state index contributed by atoms with van der Waals surface area (Å²) in [6, 6.07) is 8.02. The van der Waals surface area contributed by atoms with Gasteiger partial charge in [-0.1, -0.05) is 41.9 Å². The first-order chi connectivity index (χ1) is 8.22. The van der Waals surface area contributed by atoms with Gasteiger partial charge in [-0.15, -0.1) is 0 Å². The Kier molecular flexibility index (Phi) is 3.84. The maximum absolute atomic E-state index is 4.46. The second kappa shape index (κ2) is 5.36. The zero-order valence-corrected chi connectivity index (χ0v) is 11.5. The van der Waals surface area contributed by atoms with Gasteiger partial charge >= 0.3 is 0 Å². The first-order valence-electron chi connectivity index (χ1n) is 5.72. The second-order valence-electron chi connectivity index (χ2n) is 3.71. The van der Waals surface area contributed by atoms with Gasteiger partial charge in [-0.05, 0) is 12.1 Å². The summed E-state index contributed by atoms with van der Waals surface area (Å²) in [5.74, 6) is 2.48. The molecule has 2 rings (SSSR count). The predicted octanol–water partition coefficient (Wildman–Crippen LogP) is 3.43. The molecular weight excluding hydrogens is 278 g/mol. The molecule has 0 aliphatic carbocycles. The minimum Gasteiger partial charge on any atom is -0.218 e. The molecule has 0 N–H and O–H groups in total. The number of aryl methyl sites for hydroxylation is 2.